The molecule has 7 rings (SSSR count). The number of hydrogen-bond donors (Lipinski definition) is 6. The number of ether oxygens (including phenoxy) is 6. The normalized spacial score (nSPS) is 25.5. The molecule has 0 saturated carbocycles. The summed E-state index contributed by atoms with van der Waals surface area (Å²) in [5.41, 5.74) is 11.1. The number of aliphatic hydroxyl groups is 2. The van der Waals surface area contributed by atoms with Gasteiger partial charge in [0.05, 0.1) is 12.5 Å². The van der Waals surface area contributed by atoms with Gasteiger partial charge in [-0.2, -0.15) is 4.89 Å². The maximum atomic E-state index is 11.8. The van der Waals surface area contributed by atoms with Crippen LogP contribution in [-0.2, 0) is 35.2 Å². The van der Waals surface area contributed by atoms with Crippen molar-refractivity contribution in [1.29, 1.82) is 0 Å². The van der Waals surface area contributed by atoms with Crippen LogP contribution in [0.2, 0.25) is 0 Å². The number of carbonyl (C=O) groups is 2. The second kappa shape index (κ2) is 14.6. The predicted molar refractivity (Wildman–Crippen MR) is 173 cm³/mol. The van der Waals surface area contributed by atoms with Gasteiger partial charge in [0.25, 0.3) is 0 Å². The zero-order valence-corrected chi connectivity index (χ0v) is 27.5. The van der Waals surface area contributed by atoms with Crippen LogP contribution in [0.15, 0.2) is 53.5 Å². The van der Waals surface area contributed by atoms with Crippen molar-refractivity contribution in [2.75, 3.05) is 27.1 Å². The van der Waals surface area contributed by atoms with Gasteiger partial charge in [0, 0.05) is 36.2 Å². The second-order valence-electron chi connectivity index (χ2n) is 12.3. The molecule has 0 amide bonds. The molecule has 52 heavy (non-hydrogen) atoms. The van der Waals surface area contributed by atoms with Crippen LogP contribution in [0.4, 0.5) is 0 Å². The molecule has 0 unspecified atom stereocenters. The molecule has 7 atom stereocenters. The smallest absolute Gasteiger partial charge is 0.317 e. The Morgan fingerprint density at radius 3 is 2.52 bits per heavy atom. The van der Waals surface area contributed by atoms with Gasteiger partial charge < -0.3 is 59.5 Å². The molecule has 3 aromatic rings. The summed E-state index contributed by atoms with van der Waals surface area (Å²) in [7, 11) is 1.38. The van der Waals surface area contributed by atoms with Crippen molar-refractivity contribution in [1.82, 2.24) is 5.48 Å². The molecule has 18 heteroatoms. The number of fused-ring (bicyclic) bond motifs is 6. The Bertz CT molecular complexity index is 1850. The average molecular weight is 726 g/mol. The monoisotopic (exact) mass is 725 g/mol. The van der Waals surface area contributed by atoms with E-state index in [9.17, 15) is 24.9 Å². The van der Waals surface area contributed by atoms with Gasteiger partial charge in [-0.25, -0.2) is 5.48 Å². The molecule has 4 aliphatic heterocycles. The highest BCUT2D eigenvalue weighted by molar-refractivity contribution is 5.90. The Hall–Kier alpha value is -5.53. The summed E-state index contributed by atoms with van der Waals surface area (Å²) in [6.45, 7) is -0.185. The highest BCUT2D eigenvalue weighted by Gasteiger charge is 2.49. The third-order valence-corrected chi connectivity index (χ3v) is 8.87. The molecule has 0 spiro atoms. The Balaban J connectivity index is 1.15. The first-order valence-corrected chi connectivity index (χ1v) is 16.1. The molecule has 0 bridgehead atoms. The maximum Gasteiger partial charge on any atom is 0.317 e. The van der Waals surface area contributed by atoms with Gasteiger partial charge in [0.1, 0.15) is 54.7 Å². The molecule has 3 aromatic carbocycles. The number of phenols is 1. The fourth-order valence-electron chi connectivity index (χ4n) is 6.34. The summed E-state index contributed by atoms with van der Waals surface area (Å²) in [6.07, 6.45) is -8.86. The lowest BCUT2D eigenvalue weighted by molar-refractivity contribution is -0.372. The first kappa shape index (κ1) is 34.9. The fraction of sp³-hybridized carbons (Fsp3) is 0.382. The SMILES string of the molecule is CN=C(N)NO[C@H]1[C@H](O)[C@@H](COC(=O)CC(=O)O)O[C@@H](O)[C@@H]1OOc1cc(Cc2ccc(O)cc2)c2c(c1)[C@H]1Oc3cc4c(cc3[C@H]1CO2)OCO4. The number of hydroxylamine groups is 1. The van der Waals surface area contributed by atoms with E-state index in [1.54, 1.807) is 42.5 Å². The predicted octanol–water partition coefficient (Wildman–Crippen LogP) is 0.931. The minimum absolute atomic E-state index is 0.113. The van der Waals surface area contributed by atoms with Crippen molar-refractivity contribution >= 4 is 17.9 Å². The number of esters is 1. The molecule has 1 saturated heterocycles. The Morgan fingerprint density at radius 1 is 1.00 bits per heavy atom. The maximum absolute atomic E-state index is 11.8. The molecule has 0 aromatic heterocycles. The minimum atomic E-state index is -1.82. The largest absolute Gasteiger partial charge is 0.508 e. The number of benzene rings is 3. The molecular weight excluding hydrogens is 690 g/mol. The third-order valence-electron chi connectivity index (χ3n) is 8.87. The van der Waals surface area contributed by atoms with Crippen LogP contribution >= 0.6 is 0 Å². The van der Waals surface area contributed by atoms with E-state index in [1.807, 2.05) is 6.07 Å². The lowest BCUT2D eigenvalue weighted by atomic mass is 9.87. The summed E-state index contributed by atoms with van der Waals surface area (Å²) in [5, 5.41) is 40.8. The first-order chi connectivity index (χ1) is 25.1. The molecule has 18 nitrogen and oxygen atoms in total. The number of phenolic OH excluding ortho intramolecular Hbond substituents is 1. The van der Waals surface area contributed by atoms with Crippen LogP contribution in [-0.4, -0.2) is 96.1 Å². The van der Waals surface area contributed by atoms with Crippen molar-refractivity contribution in [3.8, 4) is 34.5 Å². The lowest BCUT2D eigenvalue weighted by Crippen LogP contribution is -2.62. The standard InChI is InChI=1S/C34H35N3O15/c1-36-34(35)37-50-31-28(42)25(13-44-27(41)11-26(39)40)49-33(43)32(31)52-51-18-7-16(6-15-2-4-17(38)5-3-15)29-20(8-18)30-21(12-45-29)19-9-23-24(47-14-46-23)10-22(19)48-30/h2-5,7-10,21,25,28,30-33,38,42-43H,6,11-14H2,1H3,(H,39,40)(H3,35,36,37)/t21-,25-,28-,30-,31+,32-,33-/m1/s1. The van der Waals surface area contributed by atoms with Crippen molar-refractivity contribution < 1.29 is 73.0 Å². The molecule has 7 N–H and O–H groups in total. The summed E-state index contributed by atoms with van der Waals surface area (Å²) in [4.78, 5) is 43.4. The number of nitrogens with zero attached hydrogens (tertiary/aromatic N) is 1. The van der Waals surface area contributed by atoms with Gasteiger partial charge >= 0.3 is 11.9 Å². The van der Waals surface area contributed by atoms with Crippen LogP contribution < -0.4 is 35.0 Å². The van der Waals surface area contributed by atoms with E-state index in [2.05, 4.69) is 10.5 Å². The topological polar surface area (TPSA) is 249 Å². The van der Waals surface area contributed by atoms with Gasteiger partial charge in [-0.05, 0) is 35.9 Å². The van der Waals surface area contributed by atoms with E-state index in [0.29, 0.717) is 47.2 Å². The first-order valence-electron chi connectivity index (χ1n) is 16.1. The van der Waals surface area contributed by atoms with E-state index >= 15 is 0 Å². The van der Waals surface area contributed by atoms with Crippen molar-refractivity contribution in [2.45, 2.75) is 55.6 Å². The number of nitrogens with two attached hydrogens (primary N) is 1. The summed E-state index contributed by atoms with van der Waals surface area (Å²) in [6, 6.07) is 13.7. The number of nitrogens with one attached hydrogen (secondary N) is 1. The van der Waals surface area contributed by atoms with Gasteiger partial charge in [-0.15, -0.1) is 0 Å². The molecular formula is C34H35N3O15. The van der Waals surface area contributed by atoms with E-state index in [1.165, 1.54) is 7.05 Å². The Kier molecular flexibility index (Phi) is 9.80. The molecule has 1 fully saturated rings. The zero-order valence-electron chi connectivity index (χ0n) is 27.5. The quantitative estimate of drug-likeness (QED) is 0.0402. The summed E-state index contributed by atoms with van der Waals surface area (Å²) >= 11 is 0. The van der Waals surface area contributed by atoms with Gasteiger partial charge in [0.15, 0.2) is 29.6 Å². The lowest BCUT2D eigenvalue weighted by Gasteiger charge is -2.40. The number of aromatic hydroxyl groups is 1. The van der Waals surface area contributed by atoms with Crippen molar-refractivity contribution in [3.05, 3.63) is 70.8 Å². The van der Waals surface area contributed by atoms with Crippen LogP contribution in [0, 0.1) is 0 Å². The van der Waals surface area contributed by atoms with Gasteiger partial charge in [-0.3, -0.25) is 19.4 Å². The van der Waals surface area contributed by atoms with E-state index in [0.717, 1.165) is 11.1 Å². The molecule has 0 aliphatic carbocycles. The molecule has 0 radical (unpaired) electrons. The van der Waals surface area contributed by atoms with Crippen LogP contribution in [0.1, 0.15) is 40.7 Å². The molecule has 4 aliphatic rings. The minimum Gasteiger partial charge on any atom is -0.508 e. The second-order valence-corrected chi connectivity index (χ2v) is 12.3. The summed E-state index contributed by atoms with van der Waals surface area (Å²) in [5.74, 6) is -0.207. The third kappa shape index (κ3) is 7.14. The summed E-state index contributed by atoms with van der Waals surface area (Å²) < 4.78 is 34.3. The number of carboxylic acids is 1. The van der Waals surface area contributed by atoms with E-state index in [4.69, 9.17) is 53.9 Å². The zero-order chi connectivity index (χ0) is 36.5. The van der Waals surface area contributed by atoms with E-state index in [-0.39, 0.29) is 30.2 Å². The highest BCUT2D eigenvalue weighted by Crippen LogP contribution is 2.55. The fourth-order valence-corrected chi connectivity index (χ4v) is 6.34. The average Bonchev–Trinajstić information content (AvgIpc) is 3.74. The number of hydrogen-bond acceptors (Lipinski definition) is 15. The van der Waals surface area contributed by atoms with Crippen molar-refractivity contribution in [2.24, 2.45) is 10.7 Å². The van der Waals surface area contributed by atoms with Crippen LogP contribution in [0.25, 0.3) is 0 Å². The van der Waals surface area contributed by atoms with Gasteiger partial charge in [0.2, 0.25) is 12.8 Å². The van der Waals surface area contributed by atoms with Gasteiger partial charge in [-0.1, -0.05) is 12.1 Å². The number of guanidine groups is 1. The number of carboxylic acid groups (broad SMARTS) is 1. The number of carbonyl (C=O) groups excluding carboxylic acids is 1. The molecule has 276 valence electrons. The Labute approximate surface area is 295 Å². The highest BCUT2D eigenvalue weighted by atomic mass is 17.2. The number of rotatable bonds is 11. The number of aliphatic hydroxyl groups excluding tert-OH is 2. The molecule has 4 heterocycles. The van der Waals surface area contributed by atoms with E-state index < -0.39 is 61.8 Å². The number of aliphatic imine (C=N–C) groups is 1. The van der Waals surface area contributed by atoms with Crippen LogP contribution in [0.5, 0.6) is 34.5 Å². The number of aliphatic carboxylic acids is 1. The Morgan fingerprint density at radius 2 is 1.77 bits per heavy atom. The van der Waals surface area contributed by atoms with Crippen LogP contribution in [0.3, 0.4) is 0 Å². The van der Waals surface area contributed by atoms with Crippen molar-refractivity contribution in [3.63, 3.8) is 0 Å².